The number of allylic oxidation sites excluding steroid dienone is 3. The van der Waals surface area contributed by atoms with Gasteiger partial charge >= 0.3 is 0 Å². The maximum absolute atomic E-state index is 13.6. The Morgan fingerprint density at radius 3 is 2.83 bits per heavy atom. The monoisotopic (exact) mass is 312 g/mol. The van der Waals surface area contributed by atoms with Crippen LogP contribution in [0.2, 0.25) is 0 Å². The fourth-order valence-corrected chi connectivity index (χ4v) is 3.19. The minimum Gasteiger partial charge on any atom is -0.496 e. The van der Waals surface area contributed by atoms with E-state index in [-0.39, 0.29) is 17.4 Å². The Balaban J connectivity index is 2.07. The Hall–Kier alpha value is -2.24. The molecular formula is C17H18BFN2O2. The summed E-state index contributed by atoms with van der Waals surface area (Å²) in [6.45, 7) is 2.26. The highest BCUT2D eigenvalue weighted by Crippen LogP contribution is 2.43. The number of amidine groups is 1. The number of rotatable bonds is 3. The maximum atomic E-state index is 13.6. The summed E-state index contributed by atoms with van der Waals surface area (Å²) in [5.41, 5.74) is 7.13. The third-order valence-corrected chi connectivity index (χ3v) is 4.47. The first-order chi connectivity index (χ1) is 11.0. The zero-order chi connectivity index (χ0) is 16.6. The van der Waals surface area contributed by atoms with Crippen LogP contribution >= 0.6 is 0 Å². The second-order valence-electron chi connectivity index (χ2n) is 5.86. The predicted octanol–water partition coefficient (Wildman–Crippen LogP) is 2.47. The van der Waals surface area contributed by atoms with Crippen LogP contribution in [0.15, 0.2) is 46.6 Å². The standard InChI is InChI=1S/C17H18BFN2O2/c1-10-7-11(4-6-15(10)22-2)17(9-23-16(20)21-17)12-3-5-14(19)13(18)8-12/h4-8,12H,3,9H2,1-2H3,(H2,20,21)/t12?,17-/m1/s1. The van der Waals surface area contributed by atoms with Crippen LogP contribution in [0.4, 0.5) is 4.39 Å². The van der Waals surface area contributed by atoms with E-state index in [4.69, 9.17) is 23.1 Å². The summed E-state index contributed by atoms with van der Waals surface area (Å²) >= 11 is 0. The van der Waals surface area contributed by atoms with E-state index in [1.807, 2.05) is 25.1 Å². The summed E-state index contributed by atoms with van der Waals surface area (Å²) in [5.74, 6) is 0.276. The van der Waals surface area contributed by atoms with Crippen LogP contribution in [0.3, 0.4) is 0 Å². The molecule has 2 atom stereocenters. The zero-order valence-electron chi connectivity index (χ0n) is 13.2. The molecule has 23 heavy (non-hydrogen) atoms. The van der Waals surface area contributed by atoms with Gasteiger partial charge in [0.2, 0.25) is 0 Å². The third kappa shape index (κ3) is 2.62. The molecule has 4 nitrogen and oxygen atoms in total. The van der Waals surface area contributed by atoms with Crippen molar-refractivity contribution in [2.24, 2.45) is 16.6 Å². The van der Waals surface area contributed by atoms with Crippen molar-refractivity contribution in [1.29, 1.82) is 0 Å². The smallest absolute Gasteiger partial charge is 0.283 e. The van der Waals surface area contributed by atoms with Gasteiger partial charge in [-0.1, -0.05) is 17.6 Å². The molecule has 1 unspecified atom stereocenters. The van der Waals surface area contributed by atoms with Gasteiger partial charge in [0, 0.05) is 5.92 Å². The maximum Gasteiger partial charge on any atom is 0.283 e. The number of aliphatic imine (C=N–C) groups is 1. The van der Waals surface area contributed by atoms with Gasteiger partial charge in [-0.3, -0.25) is 0 Å². The van der Waals surface area contributed by atoms with Gasteiger partial charge in [0.1, 0.15) is 31.6 Å². The molecule has 118 valence electrons. The summed E-state index contributed by atoms with van der Waals surface area (Å²) < 4.78 is 24.3. The van der Waals surface area contributed by atoms with Crippen molar-refractivity contribution in [2.75, 3.05) is 13.7 Å². The number of halogens is 1. The van der Waals surface area contributed by atoms with Crippen molar-refractivity contribution in [3.05, 3.63) is 52.8 Å². The quantitative estimate of drug-likeness (QED) is 0.872. The summed E-state index contributed by atoms with van der Waals surface area (Å²) in [5, 5.41) is 0. The molecule has 0 saturated carbocycles. The average molecular weight is 312 g/mol. The first-order valence-corrected chi connectivity index (χ1v) is 7.43. The summed E-state index contributed by atoms with van der Waals surface area (Å²) in [4.78, 5) is 4.55. The average Bonchev–Trinajstić information content (AvgIpc) is 2.93. The Labute approximate surface area is 136 Å². The number of nitrogens with two attached hydrogens (primary N) is 1. The SMILES string of the molecule is [B]C1=CC([C@]2(c3ccc(OC)c(C)c3)COC(N)=N2)CC=C1F. The molecule has 1 aromatic carbocycles. The van der Waals surface area contributed by atoms with E-state index in [1.165, 1.54) is 6.08 Å². The number of hydrogen-bond donors (Lipinski definition) is 1. The molecule has 2 radical (unpaired) electrons. The minimum absolute atomic E-state index is 0.129. The fraction of sp³-hybridized carbons (Fsp3) is 0.353. The minimum atomic E-state index is -0.705. The van der Waals surface area contributed by atoms with Gasteiger partial charge in [0.15, 0.2) is 0 Å². The van der Waals surface area contributed by atoms with E-state index >= 15 is 0 Å². The first kappa shape index (κ1) is 15.7. The normalized spacial score (nSPS) is 26.9. The molecule has 0 saturated heterocycles. The number of methoxy groups -OCH3 is 1. The van der Waals surface area contributed by atoms with Crippen LogP contribution < -0.4 is 10.5 Å². The third-order valence-electron chi connectivity index (χ3n) is 4.47. The highest BCUT2D eigenvalue weighted by atomic mass is 19.1. The van der Waals surface area contributed by atoms with Crippen molar-refractivity contribution in [3.8, 4) is 5.75 Å². The van der Waals surface area contributed by atoms with Crippen LogP contribution in [0.5, 0.6) is 5.75 Å². The molecule has 0 fully saturated rings. The predicted molar refractivity (Wildman–Crippen MR) is 88.1 cm³/mol. The number of ether oxygens (including phenoxy) is 2. The summed E-state index contributed by atoms with van der Waals surface area (Å²) in [7, 11) is 7.39. The van der Waals surface area contributed by atoms with Crippen LogP contribution in [-0.2, 0) is 10.3 Å². The lowest BCUT2D eigenvalue weighted by atomic mass is 9.72. The number of hydrogen-bond acceptors (Lipinski definition) is 4. The van der Waals surface area contributed by atoms with Gasteiger partial charge in [0.25, 0.3) is 6.02 Å². The second kappa shape index (κ2) is 5.76. The lowest BCUT2D eigenvalue weighted by molar-refractivity contribution is 0.211. The van der Waals surface area contributed by atoms with Crippen molar-refractivity contribution in [3.63, 3.8) is 0 Å². The van der Waals surface area contributed by atoms with Crippen LogP contribution in [0.1, 0.15) is 17.5 Å². The summed E-state index contributed by atoms with van der Waals surface area (Å²) in [6, 6.07) is 5.97. The van der Waals surface area contributed by atoms with Crippen molar-refractivity contribution in [2.45, 2.75) is 18.9 Å². The fourth-order valence-electron chi connectivity index (χ4n) is 3.19. The molecule has 0 bridgehead atoms. The van der Waals surface area contributed by atoms with Crippen molar-refractivity contribution >= 4 is 13.9 Å². The highest BCUT2D eigenvalue weighted by Gasteiger charge is 2.45. The van der Waals surface area contributed by atoms with Crippen molar-refractivity contribution in [1.82, 2.24) is 0 Å². The van der Waals surface area contributed by atoms with E-state index in [0.29, 0.717) is 13.0 Å². The van der Waals surface area contributed by atoms with Gasteiger partial charge in [-0.25, -0.2) is 9.38 Å². The number of nitrogens with zero attached hydrogens (tertiary/aromatic N) is 1. The Morgan fingerprint density at radius 1 is 1.48 bits per heavy atom. The molecular weight excluding hydrogens is 294 g/mol. The lowest BCUT2D eigenvalue weighted by Gasteiger charge is -2.33. The van der Waals surface area contributed by atoms with Gasteiger partial charge in [-0.15, -0.1) is 0 Å². The topological polar surface area (TPSA) is 56.8 Å². The molecule has 1 aromatic rings. The van der Waals surface area contributed by atoms with E-state index in [2.05, 4.69) is 4.99 Å². The van der Waals surface area contributed by atoms with Crippen LogP contribution in [0.25, 0.3) is 0 Å². The molecule has 6 heteroatoms. The first-order valence-electron chi connectivity index (χ1n) is 7.43. The van der Waals surface area contributed by atoms with Crippen LogP contribution in [-0.4, -0.2) is 27.6 Å². The van der Waals surface area contributed by atoms with Gasteiger partial charge in [0.05, 0.1) is 7.11 Å². The molecule has 2 N–H and O–H groups in total. The molecule has 1 aliphatic heterocycles. The van der Waals surface area contributed by atoms with E-state index < -0.39 is 11.4 Å². The Bertz CT molecular complexity index is 729. The molecule has 3 rings (SSSR count). The van der Waals surface area contributed by atoms with E-state index in [1.54, 1.807) is 13.2 Å². The molecule has 0 spiro atoms. The molecule has 1 aliphatic carbocycles. The lowest BCUT2D eigenvalue weighted by Crippen LogP contribution is -2.35. The molecule has 1 heterocycles. The van der Waals surface area contributed by atoms with Gasteiger partial charge in [-0.2, -0.15) is 0 Å². The molecule has 0 amide bonds. The molecule has 2 aliphatic rings. The van der Waals surface area contributed by atoms with Gasteiger partial charge in [-0.05, 0) is 42.7 Å². The molecule has 0 aromatic heterocycles. The number of benzene rings is 1. The van der Waals surface area contributed by atoms with Crippen LogP contribution in [0, 0.1) is 12.8 Å². The highest BCUT2D eigenvalue weighted by molar-refractivity contribution is 6.24. The van der Waals surface area contributed by atoms with E-state index in [9.17, 15) is 4.39 Å². The zero-order valence-corrected chi connectivity index (χ0v) is 13.2. The Kier molecular flexibility index (Phi) is 3.92. The number of aryl methyl sites for hydroxylation is 1. The summed E-state index contributed by atoms with van der Waals surface area (Å²) in [6.07, 6.45) is 3.68. The van der Waals surface area contributed by atoms with E-state index in [0.717, 1.165) is 16.9 Å². The second-order valence-corrected chi connectivity index (χ2v) is 5.86. The Morgan fingerprint density at radius 2 is 2.26 bits per heavy atom. The largest absolute Gasteiger partial charge is 0.496 e. The van der Waals surface area contributed by atoms with Crippen molar-refractivity contribution < 1.29 is 13.9 Å². The van der Waals surface area contributed by atoms with Gasteiger partial charge < -0.3 is 15.2 Å².